The summed E-state index contributed by atoms with van der Waals surface area (Å²) in [7, 11) is 4.88. The molecule has 0 radical (unpaired) electrons. The van der Waals surface area contributed by atoms with Crippen molar-refractivity contribution in [2.24, 2.45) is 11.8 Å². The second kappa shape index (κ2) is 9.23. The van der Waals surface area contributed by atoms with Gasteiger partial charge in [-0.15, -0.1) is 0 Å². The summed E-state index contributed by atoms with van der Waals surface area (Å²) in [5, 5.41) is 10.4. The first kappa shape index (κ1) is 23.7. The number of methoxy groups -OCH3 is 1. The number of carbonyl (C=O) groups is 2. The third kappa shape index (κ3) is 3.67. The largest absolute Gasteiger partial charge is 0.497 e. The molecule has 0 spiro atoms. The van der Waals surface area contributed by atoms with E-state index in [1.54, 1.807) is 67.2 Å². The van der Waals surface area contributed by atoms with Crippen LogP contribution in [0.5, 0.6) is 5.75 Å². The molecule has 1 N–H and O–H groups in total. The molecule has 9 nitrogen and oxygen atoms in total. The van der Waals surface area contributed by atoms with Crippen molar-refractivity contribution in [3.05, 3.63) is 82.5 Å². The normalized spacial score (nSPS) is 22.2. The van der Waals surface area contributed by atoms with Gasteiger partial charge in [0.25, 0.3) is 11.5 Å². The Morgan fingerprint density at radius 3 is 2.61 bits per heavy atom. The van der Waals surface area contributed by atoms with Crippen LogP contribution in [0.2, 0.25) is 0 Å². The number of ether oxygens (including phenoxy) is 1. The zero-order valence-corrected chi connectivity index (χ0v) is 20.4. The molecule has 2 aromatic heterocycles. The van der Waals surface area contributed by atoms with Gasteiger partial charge in [0, 0.05) is 50.6 Å². The lowest BCUT2D eigenvalue weighted by Gasteiger charge is -2.38. The van der Waals surface area contributed by atoms with E-state index in [2.05, 4.69) is 4.98 Å². The lowest BCUT2D eigenvalue weighted by atomic mass is 9.86. The molecule has 36 heavy (non-hydrogen) atoms. The lowest BCUT2D eigenvalue weighted by Crippen LogP contribution is -2.49. The first-order valence-electron chi connectivity index (χ1n) is 11.8. The number of aliphatic hydroxyl groups excluding tert-OH is 1. The van der Waals surface area contributed by atoms with Crippen molar-refractivity contribution < 1.29 is 19.4 Å². The summed E-state index contributed by atoms with van der Waals surface area (Å²) in [5.74, 6) is -1.11. The minimum absolute atomic E-state index is 0.170. The van der Waals surface area contributed by atoms with E-state index >= 15 is 0 Å². The topological polar surface area (TPSA) is 105 Å². The van der Waals surface area contributed by atoms with Crippen LogP contribution in [0.25, 0.3) is 11.1 Å². The van der Waals surface area contributed by atoms with Gasteiger partial charge in [-0.2, -0.15) is 0 Å². The predicted molar refractivity (Wildman–Crippen MR) is 132 cm³/mol. The van der Waals surface area contributed by atoms with E-state index in [4.69, 9.17) is 4.74 Å². The van der Waals surface area contributed by atoms with E-state index in [-0.39, 0.29) is 36.2 Å². The molecule has 0 unspecified atom stereocenters. The summed E-state index contributed by atoms with van der Waals surface area (Å²) in [6.45, 7) is -0.119. The quantitative estimate of drug-likeness (QED) is 0.587. The van der Waals surface area contributed by atoms with Gasteiger partial charge in [-0.05, 0) is 42.0 Å². The molecule has 1 saturated heterocycles. The number of hydrogen-bond donors (Lipinski definition) is 1. The Kier molecular flexibility index (Phi) is 6.09. The minimum Gasteiger partial charge on any atom is -0.497 e. The van der Waals surface area contributed by atoms with E-state index in [1.807, 2.05) is 24.3 Å². The van der Waals surface area contributed by atoms with Gasteiger partial charge in [0.15, 0.2) is 0 Å². The van der Waals surface area contributed by atoms with E-state index in [1.165, 1.54) is 4.90 Å². The highest BCUT2D eigenvalue weighted by molar-refractivity contribution is 5.94. The molecule has 186 valence electrons. The zero-order chi connectivity index (χ0) is 25.6. The molecule has 2 aliphatic heterocycles. The van der Waals surface area contributed by atoms with Crippen molar-refractivity contribution in [2.75, 3.05) is 27.8 Å². The van der Waals surface area contributed by atoms with Crippen LogP contribution in [0.3, 0.4) is 0 Å². The lowest BCUT2D eigenvalue weighted by molar-refractivity contribution is -0.135. The van der Waals surface area contributed by atoms with Gasteiger partial charge in [0.05, 0.1) is 25.1 Å². The van der Waals surface area contributed by atoms with Gasteiger partial charge in [0.2, 0.25) is 5.91 Å². The monoisotopic (exact) mass is 488 g/mol. The number of amides is 2. The van der Waals surface area contributed by atoms with Gasteiger partial charge in [-0.25, -0.2) is 0 Å². The average Bonchev–Trinajstić information content (AvgIpc) is 3.14. The highest BCUT2D eigenvalue weighted by atomic mass is 16.5. The molecular weight excluding hydrogens is 460 g/mol. The summed E-state index contributed by atoms with van der Waals surface area (Å²) < 4.78 is 6.97. The minimum atomic E-state index is -0.711. The summed E-state index contributed by atoms with van der Waals surface area (Å²) in [4.78, 5) is 48.1. The molecule has 3 aromatic rings. The number of hydrogen-bond acceptors (Lipinski definition) is 6. The van der Waals surface area contributed by atoms with Gasteiger partial charge in [-0.3, -0.25) is 19.4 Å². The Balaban J connectivity index is 1.67. The Hall–Kier alpha value is -3.98. The number of rotatable bonds is 5. The molecule has 2 amide bonds. The van der Waals surface area contributed by atoms with Gasteiger partial charge in [-0.1, -0.05) is 18.2 Å². The molecular formula is C27H28N4O5. The first-order valence-corrected chi connectivity index (χ1v) is 11.8. The first-order chi connectivity index (χ1) is 17.4. The predicted octanol–water partition coefficient (Wildman–Crippen LogP) is 1.81. The molecule has 9 heteroatoms. The molecule has 1 fully saturated rings. The molecule has 2 bridgehead atoms. The van der Waals surface area contributed by atoms with E-state index in [0.717, 1.165) is 0 Å². The third-order valence-corrected chi connectivity index (χ3v) is 7.27. The zero-order valence-electron chi connectivity index (χ0n) is 20.4. The Labute approximate surface area is 208 Å². The highest BCUT2D eigenvalue weighted by Crippen LogP contribution is 2.49. The molecule has 4 atom stereocenters. The standard InChI is InChI=1S/C27H28N4O5/c1-29(2)27(35)23-19(15-32)22-14-30-21(24(23)31(22)26(34)20-9-4-5-12-28-20)11-10-18(25(30)33)16-7-6-8-17(13-16)36-3/h4-13,19,22-24,32H,14-15H2,1-3H3/t19-,22-,23+,24+/m1/s1. The molecule has 1 aromatic carbocycles. The number of nitrogens with zero attached hydrogens (tertiary/aromatic N) is 4. The second-order valence-corrected chi connectivity index (χ2v) is 9.36. The van der Waals surface area contributed by atoms with Crippen molar-refractivity contribution >= 4 is 11.8 Å². The van der Waals surface area contributed by atoms with Crippen LogP contribution in [-0.2, 0) is 11.3 Å². The Morgan fingerprint density at radius 2 is 1.94 bits per heavy atom. The van der Waals surface area contributed by atoms with Crippen molar-refractivity contribution in [1.82, 2.24) is 19.4 Å². The van der Waals surface area contributed by atoms with Crippen molar-refractivity contribution in [3.8, 4) is 16.9 Å². The van der Waals surface area contributed by atoms with Crippen molar-refractivity contribution in [2.45, 2.75) is 18.6 Å². The van der Waals surface area contributed by atoms with E-state index in [9.17, 15) is 19.5 Å². The fourth-order valence-corrected chi connectivity index (χ4v) is 5.60. The smallest absolute Gasteiger partial charge is 0.273 e. The number of fused-ring (bicyclic) bond motifs is 4. The van der Waals surface area contributed by atoms with Crippen molar-refractivity contribution in [3.63, 3.8) is 0 Å². The van der Waals surface area contributed by atoms with Crippen LogP contribution < -0.4 is 10.3 Å². The number of pyridine rings is 2. The Morgan fingerprint density at radius 1 is 1.14 bits per heavy atom. The van der Waals surface area contributed by atoms with Gasteiger partial charge in [0.1, 0.15) is 11.4 Å². The summed E-state index contributed by atoms with van der Waals surface area (Å²) in [6, 6.07) is 14.6. The molecule has 4 heterocycles. The molecule has 0 saturated carbocycles. The molecule has 0 aliphatic carbocycles. The fraction of sp³-hybridized carbons (Fsp3) is 0.333. The van der Waals surface area contributed by atoms with Crippen LogP contribution in [0.4, 0.5) is 0 Å². The third-order valence-electron chi connectivity index (χ3n) is 7.27. The Bertz CT molecular complexity index is 1370. The van der Waals surface area contributed by atoms with Crippen LogP contribution >= 0.6 is 0 Å². The molecule has 5 rings (SSSR count). The van der Waals surface area contributed by atoms with Gasteiger partial charge >= 0.3 is 0 Å². The van der Waals surface area contributed by atoms with Crippen LogP contribution in [0, 0.1) is 11.8 Å². The van der Waals surface area contributed by atoms with Crippen molar-refractivity contribution in [1.29, 1.82) is 0 Å². The number of aliphatic hydroxyl groups is 1. The fourth-order valence-electron chi connectivity index (χ4n) is 5.60. The maximum Gasteiger partial charge on any atom is 0.273 e. The number of aromatic nitrogens is 2. The molecule has 2 aliphatic rings. The SMILES string of the molecule is COc1cccc(-c2ccc3n(c2=O)C[C@@H]2[C@@H](CO)[C@H](C(=O)N(C)C)[C@H]3N2C(=O)c2ccccn2)c1. The van der Waals surface area contributed by atoms with E-state index < -0.39 is 23.9 Å². The second-order valence-electron chi connectivity index (χ2n) is 9.36. The van der Waals surface area contributed by atoms with Crippen LogP contribution in [0.15, 0.2) is 65.6 Å². The van der Waals surface area contributed by atoms with Crippen LogP contribution in [0.1, 0.15) is 22.2 Å². The number of carbonyl (C=O) groups excluding carboxylic acids is 2. The maximum absolute atomic E-state index is 13.7. The summed E-state index contributed by atoms with van der Waals surface area (Å²) >= 11 is 0. The van der Waals surface area contributed by atoms with Gasteiger partial charge < -0.3 is 24.2 Å². The number of benzene rings is 1. The maximum atomic E-state index is 13.7. The highest BCUT2D eigenvalue weighted by Gasteiger charge is 2.58. The summed E-state index contributed by atoms with van der Waals surface area (Å²) in [6.07, 6.45) is 1.55. The summed E-state index contributed by atoms with van der Waals surface area (Å²) in [5.41, 5.74) is 1.83. The average molecular weight is 489 g/mol. The van der Waals surface area contributed by atoms with Crippen LogP contribution in [-0.4, -0.2) is 70.1 Å². The van der Waals surface area contributed by atoms with E-state index in [0.29, 0.717) is 22.6 Å².